The molecule has 12 heavy (non-hydrogen) atoms. The van der Waals surface area contributed by atoms with Crippen LogP contribution in [-0.2, 0) is 4.79 Å². The molecule has 0 aliphatic rings. The van der Waals surface area contributed by atoms with Crippen LogP contribution in [0.2, 0.25) is 0 Å². The molecule has 0 unspecified atom stereocenters. The third-order valence-electron chi connectivity index (χ3n) is 1.01. The van der Waals surface area contributed by atoms with E-state index in [-0.39, 0.29) is 0 Å². The van der Waals surface area contributed by atoms with Crippen LogP contribution in [0.5, 0.6) is 0 Å². The summed E-state index contributed by atoms with van der Waals surface area (Å²) in [5, 5.41) is 15.9. The van der Waals surface area contributed by atoms with Crippen molar-refractivity contribution in [2.45, 2.75) is 6.04 Å². The van der Waals surface area contributed by atoms with Crippen LogP contribution in [0.1, 0.15) is 0 Å². The monoisotopic (exact) mass is 189 g/mol. The van der Waals surface area contributed by atoms with E-state index < -0.39 is 18.6 Å². The quantitative estimate of drug-likeness (QED) is 0.616. The van der Waals surface area contributed by atoms with Crippen molar-refractivity contribution >= 4 is 14.2 Å². The Hall–Kier alpha value is -0.830. The van der Waals surface area contributed by atoms with Crippen molar-refractivity contribution in [3.05, 3.63) is 23.7 Å². The number of carboxylic acid groups (broad SMARTS) is 1. The lowest BCUT2D eigenvalue weighted by molar-refractivity contribution is -0.139. The zero-order chi connectivity index (χ0) is 9.40. The molecule has 1 rings (SSSR count). The van der Waals surface area contributed by atoms with Gasteiger partial charge in [-0.05, 0) is 11.6 Å². The fourth-order valence-corrected chi connectivity index (χ4v) is 0.911. The van der Waals surface area contributed by atoms with E-state index in [2.05, 4.69) is 23.7 Å². The molecule has 0 aromatic carbocycles. The van der Waals surface area contributed by atoms with Crippen LogP contribution in [0.4, 0.5) is 0 Å². The molecule has 5 heteroatoms. The highest BCUT2D eigenvalue weighted by Gasteiger charge is 2.06. The van der Waals surface area contributed by atoms with Crippen LogP contribution < -0.4 is 5.73 Å². The number of nitrogens with two attached hydrogens (primary N) is 1. The summed E-state index contributed by atoms with van der Waals surface area (Å²) in [7, 11) is 0.948. The lowest BCUT2D eigenvalue weighted by atomic mass is 10.3. The number of carboxylic acids is 1. The summed E-state index contributed by atoms with van der Waals surface area (Å²) in [6.45, 7) is -0.505. The van der Waals surface area contributed by atoms with Gasteiger partial charge < -0.3 is 15.9 Å². The van der Waals surface area contributed by atoms with Crippen molar-refractivity contribution in [1.82, 2.24) is 0 Å². The van der Waals surface area contributed by atoms with Gasteiger partial charge in [0.15, 0.2) is 0 Å². The van der Waals surface area contributed by atoms with Crippen LogP contribution in [0.15, 0.2) is 23.7 Å². The summed E-state index contributed by atoms with van der Waals surface area (Å²) in [6, 6.07) is 3.01. The fourth-order valence-electron chi connectivity index (χ4n) is 0.356. The molecule has 0 amide bonds. The zero-order valence-electron chi connectivity index (χ0n) is 6.47. The fraction of sp³-hybridized carbons (Fsp3) is 0.286. The smallest absolute Gasteiger partial charge is 0.322 e. The van der Waals surface area contributed by atoms with E-state index in [9.17, 15) is 4.79 Å². The number of hydrogen-bond donors (Lipinski definition) is 3. The average Bonchev–Trinajstić information content (AvgIpc) is 2.59. The van der Waals surface area contributed by atoms with Gasteiger partial charge >= 0.3 is 5.97 Å². The Morgan fingerprint density at radius 3 is 2.08 bits per heavy atom. The van der Waals surface area contributed by atoms with Crippen LogP contribution in [0.3, 0.4) is 0 Å². The van der Waals surface area contributed by atoms with E-state index in [4.69, 9.17) is 15.9 Å². The number of rotatable bonds is 2. The molecule has 0 saturated heterocycles. The first-order chi connectivity index (χ1) is 5.68. The highest BCUT2D eigenvalue weighted by molar-refractivity contribution is 7.28. The molecule has 1 heterocycles. The lowest BCUT2D eigenvalue weighted by Crippen LogP contribution is -2.33. The summed E-state index contributed by atoms with van der Waals surface area (Å²) in [5.41, 5.74) is 4.77. The Morgan fingerprint density at radius 2 is 2.00 bits per heavy atom. The van der Waals surface area contributed by atoms with E-state index in [0.29, 0.717) is 0 Å². The Kier molecular flexibility index (Phi) is 6.38. The molecule has 1 atom stereocenters. The Morgan fingerprint density at radius 1 is 1.50 bits per heavy atom. The molecule has 4 nitrogen and oxygen atoms in total. The van der Waals surface area contributed by atoms with Crippen molar-refractivity contribution in [3.8, 4) is 0 Å². The molecule has 0 bridgehead atoms. The molecule has 1 aromatic heterocycles. The minimum atomic E-state index is -1.18. The first-order valence-corrected chi connectivity index (χ1v) is 4.51. The topological polar surface area (TPSA) is 83.5 Å². The van der Waals surface area contributed by atoms with Crippen LogP contribution in [0, 0.1) is 0 Å². The molecule has 0 aliphatic carbocycles. The minimum absolute atomic E-state index is 0.505. The van der Waals surface area contributed by atoms with Crippen LogP contribution >= 0.6 is 8.19 Å². The normalized spacial score (nSPS) is 11.2. The Labute approximate surface area is 72.1 Å². The largest absolute Gasteiger partial charge is 0.480 e. The molecular weight excluding hydrogens is 177 g/mol. The maximum absolute atomic E-state index is 9.65. The van der Waals surface area contributed by atoms with Gasteiger partial charge in [0.05, 0.1) is 6.61 Å². The second kappa shape index (κ2) is 6.85. The molecule has 0 aliphatic heterocycles. The summed E-state index contributed by atoms with van der Waals surface area (Å²) in [5.74, 6) is 3.13. The average molecular weight is 189 g/mol. The summed E-state index contributed by atoms with van der Waals surface area (Å²) < 4.78 is 0. The SMILES string of the molecule is N[C@@H](CO)C(=O)O.c1cc[pH]c1. The standard InChI is InChI=1S/C4H5P.C3H7NO3/c1-2-4-5-3-1;4-2(1-5)3(6)7/h1-5H;2,5H,1,4H2,(H,6,7)/t;2-/m.0/s1. The van der Waals surface area contributed by atoms with E-state index in [1.807, 2.05) is 0 Å². The summed E-state index contributed by atoms with van der Waals surface area (Å²) in [6.07, 6.45) is 0. The second-order valence-corrected chi connectivity index (χ2v) is 3.01. The first kappa shape index (κ1) is 11.2. The maximum Gasteiger partial charge on any atom is 0.322 e. The van der Waals surface area contributed by atoms with Crippen LogP contribution in [-0.4, -0.2) is 28.8 Å². The third kappa shape index (κ3) is 5.92. The van der Waals surface area contributed by atoms with Gasteiger partial charge in [-0.2, -0.15) is 0 Å². The summed E-state index contributed by atoms with van der Waals surface area (Å²) in [4.78, 5) is 9.65. The number of aliphatic hydroxyl groups excluding tert-OH is 1. The highest BCUT2D eigenvalue weighted by Crippen LogP contribution is 1.99. The lowest BCUT2D eigenvalue weighted by Gasteiger charge is -1.96. The van der Waals surface area contributed by atoms with Gasteiger partial charge in [-0.25, -0.2) is 0 Å². The molecule has 0 fully saturated rings. The van der Waals surface area contributed by atoms with Crippen molar-refractivity contribution in [3.63, 3.8) is 0 Å². The predicted molar refractivity (Wildman–Crippen MR) is 48.6 cm³/mol. The van der Waals surface area contributed by atoms with Crippen molar-refractivity contribution in [2.24, 2.45) is 5.73 Å². The van der Waals surface area contributed by atoms with Crippen molar-refractivity contribution < 1.29 is 15.0 Å². The Bertz CT molecular complexity index is 183. The van der Waals surface area contributed by atoms with Crippen molar-refractivity contribution in [1.29, 1.82) is 0 Å². The molecule has 1 aromatic rings. The van der Waals surface area contributed by atoms with Gasteiger partial charge in [-0.1, -0.05) is 12.1 Å². The molecule has 4 N–H and O–H groups in total. The van der Waals surface area contributed by atoms with Gasteiger partial charge in [0.25, 0.3) is 0 Å². The zero-order valence-corrected chi connectivity index (χ0v) is 7.47. The molecule has 68 valence electrons. The predicted octanol–water partition coefficient (Wildman–Crippen LogP) is 0.109. The second-order valence-electron chi connectivity index (χ2n) is 2.01. The molecule has 0 spiro atoms. The Balaban J connectivity index is 0.000000211. The van der Waals surface area contributed by atoms with Gasteiger partial charge in [0.2, 0.25) is 0 Å². The van der Waals surface area contributed by atoms with Gasteiger partial charge in [0.1, 0.15) is 6.04 Å². The summed E-state index contributed by atoms with van der Waals surface area (Å²) >= 11 is 0. The van der Waals surface area contributed by atoms with Gasteiger partial charge in [-0.3, -0.25) is 4.79 Å². The van der Waals surface area contributed by atoms with Gasteiger partial charge in [-0.15, -0.1) is 8.19 Å². The number of aliphatic hydroxyl groups is 1. The van der Waals surface area contributed by atoms with E-state index in [0.717, 1.165) is 8.19 Å². The number of hydrogen-bond acceptors (Lipinski definition) is 3. The van der Waals surface area contributed by atoms with E-state index in [1.54, 1.807) is 0 Å². The highest BCUT2D eigenvalue weighted by atomic mass is 31.0. The molecular formula is C7H12NO3P. The van der Waals surface area contributed by atoms with E-state index in [1.165, 1.54) is 0 Å². The van der Waals surface area contributed by atoms with Crippen molar-refractivity contribution in [2.75, 3.05) is 6.61 Å². The number of aliphatic carboxylic acids is 1. The third-order valence-corrected chi connectivity index (χ3v) is 1.78. The van der Waals surface area contributed by atoms with Gasteiger partial charge in [0, 0.05) is 0 Å². The first-order valence-electron chi connectivity index (χ1n) is 3.35. The van der Waals surface area contributed by atoms with E-state index >= 15 is 0 Å². The maximum atomic E-state index is 9.65. The van der Waals surface area contributed by atoms with Crippen LogP contribution in [0.25, 0.3) is 0 Å². The number of carbonyl (C=O) groups is 1. The molecule has 0 saturated carbocycles. The molecule has 0 radical (unpaired) electrons. The minimum Gasteiger partial charge on any atom is -0.480 e.